The van der Waals surface area contributed by atoms with E-state index in [-0.39, 0.29) is 5.91 Å². The fourth-order valence-electron chi connectivity index (χ4n) is 3.78. The number of imidazole rings is 1. The van der Waals surface area contributed by atoms with Crippen LogP contribution in [-0.4, -0.2) is 36.8 Å². The Labute approximate surface area is 196 Å². The molecule has 0 saturated carbocycles. The molecule has 0 aliphatic heterocycles. The van der Waals surface area contributed by atoms with E-state index >= 15 is 0 Å². The number of hydrogen-bond acceptors (Lipinski definition) is 5. The van der Waals surface area contributed by atoms with Crippen LogP contribution in [0, 0.1) is 6.92 Å². The van der Waals surface area contributed by atoms with Crippen molar-refractivity contribution in [2.75, 3.05) is 21.3 Å². The number of aryl methyl sites for hydroxylation is 1. The molecule has 1 heterocycles. The summed E-state index contributed by atoms with van der Waals surface area (Å²) < 4.78 is 18.4. The first-order valence-electron chi connectivity index (χ1n) is 10.3. The predicted octanol–water partition coefficient (Wildman–Crippen LogP) is 4.94. The number of hydrogen-bond donors (Lipinski definition) is 1. The number of nitrogens with one attached hydrogen (secondary N) is 1. The molecule has 0 radical (unpaired) electrons. The number of fused-ring (bicyclic) bond motifs is 1. The van der Waals surface area contributed by atoms with Gasteiger partial charge in [-0.25, -0.2) is 4.98 Å². The lowest BCUT2D eigenvalue weighted by Crippen LogP contribution is -2.22. The van der Waals surface area contributed by atoms with Gasteiger partial charge in [0.1, 0.15) is 5.82 Å². The summed E-state index contributed by atoms with van der Waals surface area (Å²) in [6, 6.07) is 16.6. The number of halogens is 1. The number of ether oxygens (including phenoxy) is 3. The lowest BCUT2D eigenvalue weighted by Gasteiger charge is -2.15. The molecule has 33 heavy (non-hydrogen) atoms. The highest BCUT2D eigenvalue weighted by atomic mass is 35.5. The first kappa shape index (κ1) is 22.5. The van der Waals surface area contributed by atoms with Crippen molar-refractivity contribution in [3.8, 4) is 22.9 Å². The van der Waals surface area contributed by atoms with Crippen LogP contribution in [0.1, 0.15) is 21.7 Å². The second-order valence-corrected chi connectivity index (χ2v) is 7.76. The molecule has 4 rings (SSSR count). The quantitative estimate of drug-likeness (QED) is 0.418. The predicted molar refractivity (Wildman–Crippen MR) is 128 cm³/mol. The molecule has 0 fully saturated rings. The highest BCUT2D eigenvalue weighted by Gasteiger charge is 2.18. The monoisotopic (exact) mass is 465 g/mol. The number of methoxy groups -OCH3 is 3. The van der Waals surface area contributed by atoms with Crippen LogP contribution in [0.3, 0.4) is 0 Å². The van der Waals surface area contributed by atoms with E-state index in [9.17, 15) is 4.79 Å². The van der Waals surface area contributed by atoms with E-state index in [1.807, 2.05) is 47.9 Å². The molecule has 7 nitrogen and oxygen atoms in total. The number of aromatic nitrogens is 2. The minimum Gasteiger partial charge on any atom is -0.493 e. The third-order valence-electron chi connectivity index (χ3n) is 5.39. The van der Waals surface area contributed by atoms with E-state index in [4.69, 9.17) is 25.8 Å². The van der Waals surface area contributed by atoms with E-state index < -0.39 is 0 Å². The molecule has 0 aliphatic rings. The summed E-state index contributed by atoms with van der Waals surface area (Å²) in [6.07, 6.45) is 0. The van der Waals surface area contributed by atoms with Crippen molar-refractivity contribution in [2.24, 2.45) is 0 Å². The average Bonchev–Trinajstić information content (AvgIpc) is 3.17. The van der Waals surface area contributed by atoms with Crippen LogP contribution >= 0.6 is 11.6 Å². The van der Waals surface area contributed by atoms with E-state index in [0.29, 0.717) is 39.9 Å². The van der Waals surface area contributed by atoms with Gasteiger partial charge in [0, 0.05) is 29.3 Å². The topological polar surface area (TPSA) is 74.6 Å². The third-order valence-corrected chi connectivity index (χ3v) is 5.76. The molecule has 0 unspecified atom stereocenters. The zero-order chi connectivity index (χ0) is 23.5. The molecule has 0 spiro atoms. The fraction of sp³-hybridized carbons (Fsp3) is 0.200. The van der Waals surface area contributed by atoms with Crippen molar-refractivity contribution < 1.29 is 19.0 Å². The Balaban J connectivity index is 1.67. The van der Waals surface area contributed by atoms with Gasteiger partial charge in [0.25, 0.3) is 5.91 Å². The second-order valence-electron chi connectivity index (χ2n) is 7.36. The first-order valence-corrected chi connectivity index (χ1v) is 10.7. The third kappa shape index (κ3) is 4.32. The van der Waals surface area contributed by atoms with Crippen LogP contribution in [0.2, 0.25) is 5.02 Å². The van der Waals surface area contributed by atoms with Gasteiger partial charge >= 0.3 is 0 Å². The summed E-state index contributed by atoms with van der Waals surface area (Å²) in [5.74, 6) is 2.17. The maximum Gasteiger partial charge on any atom is 0.251 e. The van der Waals surface area contributed by atoms with Gasteiger partial charge in [0.2, 0.25) is 5.75 Å². The zero-order valence-corrected chi connectivity index (χ0v) is 19.6. The Bertz CT molecular complexity index is 1310. The Morgan fingerprint density at radius 3 is 2.33 bits per heavy atom. The van der Waals surface area contributed by atoms with Crippen LogP contribution in [0.5, 0.6) is 17.2 Å². The Morgan fingerprint density at radius 2 is 1.70 bits per heavy atom. The highest BCUT2D eigenvalue weighted by Crippen LogP contribution is 2.40. The molecule has 0 atom stereocenters. The van der Waals surface area contributed by atoms with Gasteiger partial charge in [0.05, 0.1) is 38.1 Å². The van der Waals surface area contributed by atoms with Crippen molar-refractivity contribution in [2.45, 2.75) is 13.5 Å². The fourth-order valence-corrected chi connectivity index (χ4v) is 3.99. The Kier molecular flexibility index (Phi) is 6.42. The van der Waals surface area contributed by atoms with Gasteiger partial charge in [-0.1, -0.05) is 29.8 Å². The van der Waals surface area contributed by atoms with E-state index in [2.05, 4.69) is 10.3 Å². The maximum absolute atomic E-state index is 12.7. The molecule has 0 aliphatic carbocycles. The van der Waals surface area contributed by atoms with Crippen molar-refractivity contribution in [3.05, 3.63) is 76.6 Å². The second kappa shape index (κ2) is 9.42. The summed E-state index contributed by atoms with van der Waals surface area (Å²) in [5.41, 5.74) is 3.73. The minimum absolute atomic E-state index is 0.197. The van der Waals surface area contributed by atoms with Crippen molar-refractivity contribution >= 4 is 28.5 Å². The van der Waals surface area contributed by atoms with E-state index in [1.165, 1.54) is 0 Å². The number of benzene rings is 3. The lowest BCUT2D eigenvalue weighted by atomic mass is 10.1. The van der Waals surface area contributed by atoms with Gasteiger partial charge in [-0.3, -0.25) is 9.36 Å². The van der Waals surface area contributed by atoms with Gasteiger partial charge in [0.15, 0.2) is 11.5 Å². The van der Waals surface area contributed by atoms with Gasteiger partial charge in [-0.05, 0) is 36.8 Å². The van der Waals surface area contributed by atoms with Crippen LogP contribution in [0.25, 0.3) is 16.7 Å². The number of carbonyl (C=O) groups excluding carboxylic acids is 1. The number of carbonyl (C=O) groups is 1. The zero-order valence-electron chi connectivity index (χ0n) is 18.8. The number of rotatable bonds is 7. The summed E-state index contributed by atoms with van der Waals surface area (Å²) in [4.78, 5) is 17.4. The van der Waals surface area contributed by atoms with Crippen molar-refractivity contribution in [3.63, 3.8) is 0 Å². The van der Waals surface area contributed by atoms with Gasteiger partial charge in [-0.2, -0.15) is 0 Å². The van der Waals surface area contributed by atoms with Gasteiger partial charge < -0.3 is 19.5 Å². The van der Waals surface area contributed by atoms with Crippen LogP contribution in [0.15, 0.2) is 54.6 Å². The standard InChI is InChI=1S/C25H24ClN3O4/c1-15-28-20-11-16(25(30)27-14-17-7-5-6-8-19(17)26)9-10-21(20)29(15)18-12-22(31-2)24(33-4)23(13-18)32-3/h5-13H,14H2,1-4H3,(H,27,30). The van der Waals surface area contributed by atoms with Crippen LogP contribution < -0.4 is 19.5 Å². The minimum atomic E-state index is -0.197. The molecular weight excluding hydrogens is 442 g/mol. The largest absolute Gasteiger partial charge is 0.493 e. The lowest BCUT2D eigenvalue weighted by molar-refractivity contribution is 0.0951. The SMILES string of the molecule is COc1cc(-n2c(C)nc3cc(C(=O)NCc4ccccc4Cl)ccc32)cc(OC)c1OC. The molecule has 1 N–H and O–H groups in total. The summed E-state index contributed by atoms with van der Waals surface area (Å²) in [7, 11) is 4.72. The van der Waals surface area contributed by atoms with E-state index in [0.717, 1.165) is 22.6 Å². The summed E-state index contributed by atoms with van der Waals surface area (Å²) in [5, 5.41) is 3.53. The molecule has 4 aromatic rings. The molecule has 170 valence electrons. The summed E-state index contributed by atoms with van der Waals surface area (Å²) >= 11 is 6.18. The van der Waals surface area contributed by atoms with E-state index in [1.54, 1.807) is 39.5 Å². The molecule has 8 heteroatoms. The molecule has 1 aromatic heterocycles. The number of nitrogens with zero attached hydrogens (tertiary/aromatic N) is 2. The van der Waals surface area contributed by atoms with Crippen molar-refractivity contribution in [1.82, 2.24) is 14.9 Å². The van der Waals surface area contributed by atoms with Gasteiger partial charge in [-0.15, -0.1) is 0 Å². The molecular formula is C25H24ClN3O4. The normalized spacial score (nSPS) is 10.8. The smallest absolute Gasteiger partial charge is 0.251 e. The molecule has 3 aromatic carbocycles. The van der Waals surface area contributed by atoms with Crippen molar-refractivity contribution in [1.29, 1.82) is 0 Å². The average molecular weight is 466 g/mol. The van der Waals surface area contributed by atoms with Crippen LogP contribution in [0.4, 0.5) is 0 Å². The Hall–Kier alpha value is -3.71. The number of amides is 1. The molecule has 0 saturated heterocycles. The summed E-state index contributed by atoms with van der Waals surface area (Å²) in [6.45, 7) is 2.25. The molecule has 0 bridgehead atoms. The molecule has 1 amide bonds. The maximum atomic E-state index is 12.7. The van der Waals surface area contributed by atoms with Crippen LogP contribution in [-0.2, 0) is 6.54 Å². The highest BCUT2D eigenvalue weighted by molar-refractivity contribution is 6.31. The Morgan fingerprint density at radius 1 is 1.00 bits per heavy atom. The first-order chi connectivity index (χ1) is 16.0.